The fourth-order valence-corrected chi connectivity index (χ4v) is 2.04. The Morgan fingerprint density at radius 1 is 1.27 bits per heavy atom. The Labute approximate surface area is 155 Å². The minimum absolute atomic E-state index is 0.313. The molecular formula is C21H27NO4. The van der Waals surface area contributed by atoms with Crippen LogP contribution in [0.1, 0.15) is 40.2 Å². The number of carbonyl (C=O) groups excluding carboxylic acids is 2. The molecule has 0 saturated heterocycles. The summed E-state index contributed by atoms with van der Waals surface area (Å²) >= 11 is 0. The molecule has 0 fully saturated rings. The van der Waals surface area contributed by atoms with Crippen LogP contribution in [0.3, 0.4) is 0 Å². The van der Waals surface area contributed by atoms with Gasteiger partial charge in [0.2, 0.25) is 0 Å². The molecule has 0 unspecified atom stereocenters. The number of benzene rings is 1. The Balaban J connectivity index is 2.77. The van der Waals surface area contributed by atoms with Gasteiger partial charge in [0.05, 0.1) is 5.76 Å². The lowest BCUT2D eigenvalue weighted by atomic mass is 10.1. The maximum atomic E-state index is 11.8. The molecule has 0 spiro atoms. The van der Waals surface area contributed by atoms with Crippen molar-refractivity contribution in [3.63, 3.8) is 0 Å². The first-order chi connectivity index (χ1) is 12.2. The van der Waals surface area contributed by atoms with Crippen LogP contribution in [0.5, 0.6) is 0 Å². The van der Waals surface area contributed by atoms with Gasteiger partial charge in [0.25, 0.3) is 0 Å². The summed E-state index contributed by atoms with van der Waals surface area (Å²) in [6, 6.07) is 7.31. The van der Waals surface area contributed by atoms with E-state index in [1.54, 1.807) is 25.1 Å². The molecule has 0 aliphatic rings. The molecule has 0 bridgehead atoms. The number of nitrogens with one attached hydrogen (secondary N) is 1. The number of anilines is 1. The third-order valence-corrected chi connectivity index (χ3v) is 3.41. The molecule has 26 heavy (non-hydrogen) atoms. The van der Waals surface area contributed by atoms with E-state index in [2.05, 4.69) is 11.9 Å². The van der Waals surface area contributed by atoms with E-state index >= 15 is 0 Å². The molecule has 5 heteroatoms. The molecule has 0 aromatic heterocycles. The van der Waals surface area contributed by atoms with Gasteiger partial charge >= 0.3 is 6.09 Å². The van der Waals surface area contributed by atoms with E-state index in [0.29, 0.717) is 23.6 Å². The first kappa shape index (κ1) is 21.2. The monoisotopic (exact) mass is 357 g/mol. The predicted octanol–water partition coefficient (Wildman–Crippen LogP) is 5.16. The van der Waals surface area contributed by atoms with Crippen molar-refractivity contribution in [3.05, 3.63) is 65.5 Å². The van der Waals surface area contributed by atoms with Crippen LogP contribution in [0.15, 0.2) is 59.9 Å². The quantitative estimate of drug-likeness (QED) is 0.317. The van der Waals surface area contributed by atoms with Crippen molar-refractivity contribution in [2.45, 2.75) is 46.8 Å². The molecule has 1 N–H and O–H groups in total. The van der Waals surface area contributed by atoms with Crippen LogP contribution in [0.2, 0.25) is 0 Å². The molecule has 1 aromatic rings. The van der Waals surface area contributed by atoms with Crippen molar-refractivity contribution < 1.29 is 19.1 Å². The van der Waals surface area contributed by atoms with Crippen molar-refractivity contribution in [1.29, 1.82) is 0 Å². The standard InChI is InChI=1S/C21H27NO4/c1-7-9-18(13-23)15(2)16(3)25-14-17-10-8-11-19(12-17)22-20(24)26-21(4,5)6/h7-13H,1,14H2,2-6H3,(H,22,24)/b16-15+,18-9-. The highest BCUT2D eigenvalue weighted by molar-refractivity contribution is 5.85. The van der Waals surface area contributed by atoms with Crippen LogP contribution in [-0.4, -0.2) is 18.0 Å². The van der Waals surface area contributed by atoms with Gasteiger partial charge in [-0.15, -0.1) is 0 Å². The predicted molar refractivity (Wildman–Crippen MR) is 104 cm³/mol. The number of hydrogen-bond donors (Lipinski definition) is 1. The van der Waals surface area contributed by atoms with Gasteiger partial charge in [0.1, 0.15) is 18.5 Å². The van der Waals surface area contributed by atoms with Crippen LogP contribution in [0.4, 0.5) is 10.5 Å². The number of ether oxygens (including phenoxy) is 2. The average molecular weight is 357 g/mol. The van der Waals surface area contributed by atoms with E-state index in [4.69, 9.17) is 9.47 Å². The lowest BCUT2D eigenvalue weighted by Gasteiger charge is -2.19. The zero-order valence-corrected chi connectivity index (χ0v) is 16.1. The van der Waals surface area contributed by atoms with Crippen LogP contribution < -0.4 is 5.32 Å². The third kappa shape index (κ3) is 7.38. The molecule has 140 valence electrons. The number of carbonyl (C=O) groups is 2. The molecule has 0 radical (unpaired) electrons. The van der Waals surface area contributed by atoms with Gasteiger partial charge in [0.15, 0.2) is 0 Å². The molecular weight excluding hydrogens is 330 g/mol. The molecule has 0 atom stereocenters. The third-order valence-electron chi connectivity index (χ3n) is 3.41. The van der Waals surface area contributed by atoms with E-state index in [1.165, 1.54) is 0 Å². The summed E-state index contributed by atoms with van der Waals surface area (Å²) in [5, 5.41) is 2.70. The maximum Gasteiger partial charge on any atom is 0.412 e. The number of hydrogen-bond acceptors (Lipinski definition) is 4. The second-order valence-electron chi connectivity index (χ2n) is 6.77. The summed E-state index contributed by atoms with van der Waals surface area (Å²) in [6.45, 7) is 13.0. The largest absolute Gasteiger partial charge is 0.493 e. The Hall–Kier alpha value is -2.82. The first-order valence-corrected chi connectivity index (χ1v) is 8.33. The van der Waals surface area contributed by atoms with Gasteiger partial charge in [0, 0.05) is 11.3 Å². The Morgan fingerprint density at radius 3 is 2.54 bits per heavy atom. The van der Waals surface area contributed by atoms with Gasteiger partial charge in [-0.25, -0.2) is 4.79 Å². The second kappa shape index (κ2) is 9.61. The molecule has 0 saturated carbocycles. The zero-order chi connectivity index (χ0) is 19.7. The van der Waals surface area contributed by atoms with Crippen molar-refractivity contribution in [3.8, 4) is 0 Å². The Kier molecular flexibility index (Phi) is 7.84. The highest BCUT2D eigenvalue weighted by Gasteiger charge is 2.16. The Bertz CT molecular complexity index is 724. The van der Waals surface area contributed by atoms with Gasteiger partial charge in [-0.3, -0.25) is 10.1 Å². The lowest BCUT2D eigenvalue weighted by Crippen LogP contribution is -2.27. The second-order valence-corrected chi connectivity index (χ2v) is 6.77. The fourth-order valence-electron chi connectivity index (χ4n) is 2.04. The van der Waals surface area contributed by atoms with E-state index in [-0.39, 0.29) is 0 Å². The summed E-state index contributed by atoms with van der Waals surface area (Å²) < 4.78 is 11.0. The van der Waals surface area contributed by atoms with Gasteiger partial charge in [-0.05, 0) is 57.9 Å². The summed E-state index contributed by atoms with van der Waals surface area (Å²) in [7, 11) is 0. The van der Waals surface area contributed by atoms with Gasteiger partial charge < -0.3 is 9.47 Å². The van der Waals surface area contributed by atoms with Crippen LogP contribution in [0, 0.1) is 0 Å². The molecule has 5 nitrogen and oxygen atoms in total. The summed E-state index contributed by atoms with van der Waals surface area (Å²) in [5.41, 5.74) is 2.23. The number of rotatable bonds is 7. The van der Waals surface area contributed by atoms with E-state index in [9.17, 15) is 9.59 Å². The van der Waals surface area contributed by atoms with Crippen LogP contribution in [0.25, 0.3) is 0 Å². The number of allylic oxidation sites excluding steroid dienone is 5. The van der Waals surface area contributed by atoms with Crippen LogP contribution in [-0.2, 0) is 20.9 Å². The van der Waals surface area contributed by atoms with Crippen LogP contribution >= 0.6 is 0 Å². The molecule has 1 aromatic carbocycles. The summed E-state index contributed by atoms with van der Waals surface area (Å²) in [4.78, 5) is 22.9. The van der Waals surface area contributed by atoms with Gasteiger partial charge in [-0.1, -0.05) is 30.9 Å². The van der Waals surface area contributed by atoms with Crippen molar-refractivity contribution in [2.24, 2.45) is 0 Å². The highest BCUT2D eigenvalue weighted by atomic mass is 16.6. The van der Waals surface area contributed by atoms with Gasteiger partial charge in [-0.2, -0.15) is 0 Å². The van der Waals surface area contributed by atoms with Crippen molar-refractivity contribution >= 4 is 18.1 Å². The molecule has 1 rings (SSSR count). The number of aldehydes is 1. The lowest BCUT2D eigenvalue weighted by molar-refractivity contribution is -0.104. The SMILES string of the molecule is C=C/C=C(C=O)\C(C)=C(/C)OCc1cccc(NC(=O)OC(C)(C)C)c1. The van der Waals surface area contributed by atoms with E-state index < -0.39 is 11.7 Å². The van der Waals surface area contributed by atoms with Crippen molar-refractivity contribution in [2.75, 3.05) is 5.32 Å². The first-order valence-electron chi connectivity index (χ1n) is 8.33. The Morgan fingerprint density at radius 2 is 1.96 bits per heavy atom. The normalized spacial score (nSPS) is 12.7. The average Bonchev–Trinajstić information content (AvgIpc) is 2.55. The maximum absolute atomic E-state index is 11.8. The minimum atomic E-state index is -0.556. The van der Waals surface area contributed by atoms with Crippen molar-refractivity contribution in [1.82, 2.24) is 0 Å². The van der Waals surface area contributed by atoms with E-state index in [1.807, 2.05) is 45.9 Å². The topological polar surface area (TPSA) is 64.6 Å². The molecule has 1 amide bonds. The summed E-state index contributed by atoms with van der Waals surface area (Å²) in [6.07, 6.45) is 3.47. The molecule has 0 aliphatic heterocycles. The molecule has 0 aliphatic carbocycles. The summed E-state index contributed by atoms with van der Waals surface area (Å²) in [5.74, 6) is 0.649. The zero-order valence-electron chi connectivity index (χ0n) is 16.1. The highest BCUT2D eigenvalue weighted by Crippen LogP contribution is 2.18. The fraction of sp³-hybridized carbons (Fsp3) is 0.333. The minimum Gasteiger partial charge on any atom is -0.493 e. The van der Waals surface area contributed by atoms with E-state index in [0.717, 1.165) is 17.4 Å². The molecule has 0 heterocycles. The number of amides is 1. The smallest absolute Gasteiger partial charge is 0.412 e.